The zero-order valence-corrected chi connectivity index (χ0v) is 15.0. The van der Waals surface area contributed by atoms with Crippen molar-refractivity contribution in [1.29, 1.82) is 0 Å². The second-order valence-corrected chi connectivity index (χ2v) is 6.88. The number of halogens is 2. The predicted octanol–water partition coefficient (Wildman–Crippen LogP) is 5.46. The van der Waals surface area contributed by atoms with Crippen LogP contribution in [-0.4, -0.2) is 5.91 Å². The van der Waals surface area contributed by atoms with Gasteiger partial charge in [0.1, 0.15) is 5.82 Å². The van der Waals surface area contributed by atoms with Gasteiger partial charge in [-0.2, -0.15) is 11.3 Å². The average Bonchev–Trinajstić information content (AvgIpc) is 3.15. The van der Waals surface area contributed by atoms with E-state index in [-0.39, 0.29) is 10.9 Å². The molecular weight excluding hydrogens is 357 g/mol. The summed E-state index contributed by atoms with van der Waals surface area (Å²) >= 11 is 7.31. The summed E-state index contributed by atoms with van der Waals surface area (Å²) in [6, 6.07) is 14.7. The molecule has 0 saturated carbocycles. The van der Waals surface area contributed by atoms with Crippen LogP contribution in [0.3, 0.4) is 0 Å². The van der Waals surface area contributed by atoms with E-state index in [0.717, 1.165) is 22.3 Å². The van der Waals surface area contributed by atoms with Gasteiger partial charge in [-0.15, -0.1) is 0 Å². The van der Waals surface area contributed by atoms with E-state index >= 15 is 0 Å². The lowest BCUT2D eigenvalue weighted by molar-refractivity contribution is -0.121. The number of thiophene rings is 1. The summed E-state index contributed by atoms with van der Waals surface area (Å²) in [6.07, 6.45) is 0.786. The molecule has 3 aromatic rings. The number of hydrogen-bond acceptors (Lipinski definition) is 2. The molecule has 5 heteroatoms. The number of carbonyl (C=O) groups excluding carboxylic acids is 1. The molecule has 0 radical (unpaired) electrons. The maximum Gasteiger partial charge on any atom is 0.220 e. The van der Waals surface area contributed by atoms with Gasteiger partial charge in [0, 0.05) is 13.0 Å². The van der Waals surface area contributed by atoms with E-state index < -0.39 is 5.82 Å². The fourth-order valence-corrected chi connectivity index (χ4v) is 3.38. The van der Waals surface area contributed by atoms with Gasteiger partial charge in [0.2, 0.25) is 5.91 Å². The van der Waals surface area contributed by atoms with Crippen LogP contribution in [0.2, 0.25) is 5.02 Å². The van der Waals surface area contributed by atoms with E-state index in [1.165, 1.54) is 12.1 Å². The number of carbonyl (C=O) groups is 1. The smallest absolute Gasteiger partial charge is 0.220 e. The average molecular weight is 374 g/mol. The lowest BCUT2D eigenvalue weighted by Gasteiger charge is -2.10. The quantitative estimate of drug-likeness (QED) is 0.611. The molecule has 0 fully saturated rings. The molecule has 0 aliphatic rings. The van der Waals surface area contributed by atoms with Crippen LogP contribution >= 0.6 is 22.9 Å². The molecule has 0 bridgehead atoms. The first kappa shape index (κ1) is 17.6. The summed E-state index contributed by atoms with van der Waals surface area (Å²) in [7, 11) is 0. The molecule has 1 N–H and O–H groups in total. The first-order valence-corrected chi connectivity index (χ1v) is 9.26. The Bertz CT molecular complexity index is 864. The highest BCUT2D eigenvalue weighted by Crippen LogP contribution is 2.25. The fraction of sp³-hybridized carbons (Fsp3) is 0.150. The Kier molecular flexibility index (Phi) is 5.84. The van der Waals surface area contributed by atoms with Gasteiger partial charge in [-0.3, -0.25) is 4.79 Å². The molecule has 0 unspecified atom stereocenters. The van der Waals surface area contributed by atoms with Crippen molar-refractivity contribution in [1.82, 2.24) is 5.32 Å². The minimum Gasteiger partial charge on any atom is -0.352 e. The number of rotatable bonds is 6. The number of hydrogen-bond donors (Lipinski definition) is 1. The van der Waals surface area contributed by atoms with Gasteiger partial charge in [0.25, 0.3) is 0 Å². The first-order valence-electron chi connectivity index (χ1n) is 7.94. The van der Waals surface area contributed by atoms with Crippen molar-refractivity contribution in [2.45, 2.75) is 19.4 Å². The number of benzene rings is 2. The lowest BCUT2D eigenvalue weighted by atomic mass is 10.0. The number of aryl methyl sites for hydroxylation is 1. The molecule has 0 aliphatic carbocycles. The normalized spacial score (nSPS) is 10.6. The monoisotopic (exact) mass is 373 g/mol. The molecule has 2 nitrogen and oxygen atoms in total. The second-order valence-electron chi connectivity index (χ2n) is 5.69. The number of nitrogens with one attached hydrogen (secondary N) is 1. The topological polar surface area (TPSA) is 29.1 Å². The maximum atomic E-state index is 13.4. The van der Waals surface area contributed by atoms with Gasteiger partial charge in [-0.25, -0.2) is 4.39 Å². The lowest BCUT2D eigenvalue weighted by Crippen LogP contribution is -2.23. The van der Waals surface area contributed by atoms with Crippen LogP contribution in [0.15, 0.2) is 59.3 Å². The van der Waals surface area contributed by atoms with Crippen LogP contribution in [0.1, 0.15) is 17.5 Å². The van der Waals surface area contributed by atoms with Crippen molar-refractivity contribution >= 4 is 28.8 Å². The summed E-state index contributed by atoms with van der Waals surface area (Å²) in [5.41, 5.74) is 4.12. The number of amides is 1. The maximum absolute atomic E-state index is 13.4. The van der Waals surface area contributed by atoms with Crippen LogP contribution in [0.5, 0.6) is 0 Å². The fourth-order valence-electron chi connectivity index (χ4n) is 2.61. The van der Waals surface area contributed by atoms with Crippen LogP contribution in [0.25, 0.3) is 11.1 Å². The molecule has 0 spiro atoms. The van der Waals surface area contributed by atoms with Gasteiger partial charge >= 0.3 is 0 Å². The van der Waals surface area contributed by atoms with Crippen molar-refractivity contribution in [3.05, 3.63) is 81.3 Å². The minimum absolute atomic E-state index is 0.0597. The van der Waals surface area contributed by atoms with Gasteiger partial charge in [0.05, 0.1) is 5.02 Å². The molecule has 1 heterocycles. The first-order chi connectivity index (χ1) is 12.1. The van der Waals surface area contributed by atoms with Crippen molar-refractivity contribution in [2.75, 3.05) is 0 Å². The molecule has 3 rings (SSSR count). The highest BCUT2D eigenvalue weighted by atomic mass is 35.5. The third kappa shape index (κ3) is 4.68. The second kappa shape index (κ2) is 8.28. The molecule has 128 valence electrons. The van der Waals surface area contributed by atoms with E-state index in [9.17, 15) is 9.18 Å². The van der Waals surface area contributed by atoms with Gasteiger partial charge < -0.3 is 5.32 Å². The molecule has 25 heavy (non-hydrogen) atoms. The largest absolute Gasteiger partial charge is 0.352 e. The zero-order chi connectivity index (χ0) is 17.6. The van der Waals surface area contributed by atoms with Gasteiger partial charge in [-0.05, 0) is 57.6 Å². The van der Waals surface area contributed by atoms with Crippen molar-refractivity contribution in [3.8, 4) is 11.1 Å². The summed E-state index contributed by atoms with van der Waals surface area (Å²) in [5.74, 6) is -0.514. The van der Waals surface area contributed by atoms with Gasteiger partial charge in [-0.1, -0.05) is 41.9 Å². The van der Waals surface area contributed by atoms with E-state index in [2.05, 4.69) is 22.8 Å². The molecule has 1 amide bonds. The summed E-state index contributed by atoms with van der Waals surface area (Å²) in [6.45, 7) is 0.472. The molecule has 0 atom stereocenters. The minimum atomic E-state index is -0.454. The van der Waals surface area contributed by atoms with Crippen LogP contribution in [-0.2, 0) is 17.8 Å². The Balaban J connectivity index is 1.57. The molecule has 2 aromatic carbocycles. The van der Waals surface area contributed by atoms with Crippen molar-refractivity contribution in [2.24, 2.45) is 0 Å². The van der Waals surface area contributed by atoms with E-state index in [1.807, 2.05) is 23.6 Å². The standard InChI is InChI=1S/C20H17ClFNOS/c21-18-7-5-14(11-19(18)22)6-8-20(24)23-12-15-3-1-2-4-17(15)16-9-10-25-13-16/h1-5,7,9-11,13H,6,8,12H2,(H,23,24). The van der Waals surface area contributed by atoms with Gasteiger partial charge in [0.15, 0.2) is 0 Å². The highest BCUT2D eigenvalue weighted by molar-refractivity contribution is 7.08. The predicted molar refractivity (Wildman–Crippen MR) is 101 cm³/mol. The van der Waals surface area contributed by atoms with Crippen molar-refractivity contribution in [3.63, 3.8) is 0 Å². The van der Waals surface area contributed by atoms with E-state index in [1.54, 1.807) is 17.4 Å². The Morgan fingerprint density at radius 2 is 2.00 bits per heavy atom. The Morgan fingerprint density at radius 1 is 1.16 bits per heavy atom. The third-order valence-electron chi connectivity index (χ3n) is 3.95. The van der Waals surface area contributed by atoms with Crippen LogP contribution in [0, 0.1) is 5.82 Å². The summed E-state index contributed by atoms with van der Waals surface area (Å²) in [5, 5.41) is 7.17. The van der Waals surface area contributed by atoms with Crippen LogP contribution in [0.4, 0.5) is 4.39 Å². The molecule has 0 aliphatic heterocycles. The van der Waals surface area contributed by atoms with Crippen molar-refractivity contribution < 1.29 is 9.18 Å². The Morgan fingerprint density at radius 3 is 2.76 bits per heavy atom. The highest BCUT2D eigenvalue weighted by Gasteiger charge is 2.08. The molecule has 0 saturated heterocycles. The summed E-state index contributed by atoms with van der Waals surface area (Å²) in [4.78, 5) is 12.1. The SMILES string of the molecule is O=C(CCc1ccc(Cl)c(F)c1)NCc1ccccc1-c1ccsc1. The third-order valence-corrected chi connectivity index (χ3v) is 4.94. The molecular formula is C20H17ClFNOS. The summed E-state index contributed by atoms with van der Waals surface area (Å²) < 4.78 is 13.4. The zero-order valence-electron chi connectivity index (χ0n) is 13.5. The molecule has 1 aromatic heterocycles. The Labute approximate surface area is 155 Å². The van der Waals surface area contributed by atoms with Crippen LogP contribution < -0.4 is 5.32 Å². The van der Waals surface area contributed by atoms with E-state index in [4.69, 9.17) is 11.6 Å². The van der Waals surface area contributed by atoms with E-state index in [0.29, 0.717) is 19.4 Å². The Hall–Kier alpha value is -2.17.